The fourth-order valence-electron chi connectivity index (χ4n) is 3.14. The molecule has 8 heteroatoms. The highest BCUT2D eigenvalue weighted by Crippen LogP contribution is 2.20. The second kappa shape index (κ2) is 7.28. The molecule has 0 saturated heterocycles. The summed E-state index contributed by atoms with van der Waals surface area (Å²) >= 11 is 0. The van der Waals surface area contributed by atoms with Crippen molar-refractivity contribution in [1.82, 2.24) is 19.9 Å². The smallest absolute Gasteiger partial charge is 0.251 e. The second-order valence-electron chi connectivity index (χ2n) is 7.04. The lowest BCUT2D eigenvalue weighted by Crippen LogP contribution is -2.28. The fourth-order valence-corrected chi connectivity index (χ4v) is 4.54. The third-order valence-corrected chi connectivity index (χ3v) is 6.35. The summed E-state index contributed by atoms with van der Waals surface area (Å²) in [5.41, 5.74) is 3.22. The maximum absolute atomic E-state index is 12.5. The van der Waals surface area contributed by atoms with Crippen LogP contribution < -0.4 is 10.3 Å². The Balaban J connectivity index is 1.80. The molecule has 7 nitrogen and oxygen atoms in total. The van der Waals surface area contributed by atoms with Gasteiger partial charge in [0.05, 0.1) is 11.4 Å². The van der Waals surface area contributed by atoms with Gasteiger partial charge in [-0.1, -0.05) is 19.9 Å². The Hall–Kier alpha value is -2.45. The average Bonchev–Trinajstić information content (AvgIpc) is 2.94. The number of aryl methyl sites for hydroxylation is 2. The van der Waals surface area contributed by atoms with E-state index in [1.807, 2.05) is 18.2 Å². The number of hydrogen-bond acceptors (Lipinski definition) is 4. The summed E-state index contributed by atoms with van der Waals surface area (Å²) in [6.07, 6.45) is 0.298. The number of nitrogens with one attached hydrogen (secondary N) is 3. The average molecular weight is 388 g/mol. The number of benzene rings is 1. The van der Waals surface area contributed by atoms with Gasteiger partial charge in [0.15, 0.2) is 0 Å². The van der Waals surface area contributed by atoms with Crippen LogP contribution in [0.4, 0.5) is 0 Å². The van der Waals surface area contributed by atoms with Gasteiger partial charge in [-0.25, -0.2) is 13.1 Å². The van der Waals surface area contributed by atoms with Gasteiger partial charge >= 0.3 is 0 Å². The topological polar surface area (TPSA) is 108 Å². The maximum Gasteiger partial charge on any atom is 0.251 e. The number of aromatic amines is 2. The first-order valence-corrected chi connectivity index (χ1v) is 10.3. The van der Waals surface area contributed by atoms with E-state index in [1.54, 1.807) is 13.8 Å². The predicted octanol–water partition coefficient (Wildman–Crippen LogP) is 2.51. The van der Waals surface area contributed by atoms with Crippen molar-refractivity contribution in [1.29, 1.82) is 0 Å². The van der Waals surface area contributed by atoms with E-state index < -0.39 is 10.0 Å². The predicted molar refractivity (Wildman–Crippen MR) is 106 cm³/mol. The Morgan fingerprint density at radius 1 is 1.19 bits per heavy atom. The molecule has 3 rings (SSSR count). The molecule has 0 aliphatic rings. The second-order valence-corrected chi connectivity index (χ2v) is 8.74. The minimum absolute atomic E-state index is 0.130. The van der Waals surface area contributed by atoms with Gasteiger partial charge in [0.1, 0.15) is 4.90 Å². The molecule has 0 aliphatic heterocycles. The lowest BCUT2D eigenvalue weighted by molar-refractivity contribution is 0.580. The molecule has 144 valence electrons. The van der Waals surface area contributed by atoms with Gasteiger partial charge in [0.25, 0.3) is 5.56 Å². The van der Waals surface area contributed by atoms with Crippen molar-refractivity contribution in [3.05, 3.63) is 57.1 Å². The molecule has 0 spiro atoms. The van der Waals surface area contributed by atoms with Gasteiger partial charge < -0.3 is 4.98 Å². The Morgan fingerprint density at radius 2 is 1.93 bits per heavy atom. The summed E-state index contributed by atoms with van der Waals surface area (Å²) < 4.78 is 27.5. The minimum atomic E-state index is -3.68. The van der Waals surface area contributed by atoms with E-state index in [9.17, 15) is 13.2 Å². The van der Waals surface area contributed by atoms with E-state index in [-0.39, 0.29) is 17.0 Å². The molecule has 0 aliphatic carbocycles. The van der Waals surface area contributed by atoms with Gasteiger partial charge in [-0.05, 0) is 55.3 Å². The van der Waals surface area contributed by atoms with Crippen molar-refractivity contribution in [3.63, 3.8) is 0 Å². The largest absolute Gasteiger partial charge is 0.322 e. The lowest BCUT2D eigenvalue weighted by atomic mass is 10.0. The van der Waals surface area contributed by atoms with Crippen LogP contribution in [-0.4, -0.2) is 30.1 Å². The normalized spacial score (nSPS) is 12.2. The lowest BCUT2D eigenvalue weighted by Gasteiger charge is -2.09. The molecule has 3 N–H and O–H groups in total. The molecular weight excluding hydrogens is 364 g/mol. The first-order chi connectivity index (χ1) is 12.7. The zero-order valence-electron chi connectivity index (χ0n) is 15.9. The molecule has 0 saturated carbocycles. The van der Waals surface area contributed by atoms with E-state index in [1.165, 1.54) is 5.56 Å². The van der Waals surface area contributed by atoms with Gasteiger partial charge in [-0.15, -0.1) is 0 Å². The molecule has 0 amide bonds. The van der Waals surface area contributed by atoms with Crippen LogP contribution in [0.5, 0.6) is 0 Å². The number of nitrogens with zero attached hydrogens (tertiary/aromatic N) is 1. The van der Waals surface area contributed by atoms with Crippen LogP contribution in [0.15, 0.2) is 34.0 Å². The van der Waals surface area contributed by atoms with Gasteiger partial charge in [0, 0.05) is 17.6 Å². The van der Waals surface area contributed by atoms with Crippen LogP contribution in [0.2, 0.25) is 0 Å². The van der Waals surface area contributed by atoms with E-state index in [4.69, 9.17) is 0 Å². The molecule has 0 atom stereocenters. The molecule has 0 bridgehead atoms. The highest BCUT2D eigenvalue weighted by Gasteiger charge is 2.21. The summed E-state index contributed by atoms with van der Waals surface area (Å²) in [6, 6.07) is 7.81. The van der Waals surface area contributed by atoms with Crippen LogP contribution in [0.25, 0.3) is 10.9 Å². The zero-order valence-corrected chi connectivity index (χ0v) is 16.7. The van der Waals surface area contributed by atoms with Gasteiger partial charge in [-0.3, -0.25) is 9.89 Å². The number of aromatic nitrogens is 3. The number of rotatable bonds is 6. The highest BCUT2D eigenvalue weighted by molar-refractivity contribution is 7.89. The molecule has 0 fully saturated rings. The molecule has 0 radical (unpaired) electrons. The van der Waals surface area contributed by atoms with Crippen molar-refractivity contribution in [3.8, 4) is 0 Å². The van der Waals surface area contributed by atoms with Crippen LogP contribution >= 0.6 is 0 Å². The molecule has 2 heterocycles. The van der Waals surface area contributed by atoms with E-state index in [0.29, 0.717) is 29.3 Å². The Labute approximate surface area is 158 Å². The maximum atomic E-state index is 12.5. The summed E-state index contributed by atoms with van der Waals surface area (Å²) in [4.78, 5) is 15.3. The van der Waals surface area contributed by atoms with E-state index >= 15 is 0 Å². The molecular formula is C19H24N4O3S. The number of fused-ring (bicyclic) bond motifs is 1. The molecule has 1 aromatic carbocycles. The number of sulfonamides is 1. The molecule has 27 heavy (non-hydrogen) atoms. The standard InChI is InChI=1S/C19H24N4O3S/c1-11(2)14-5-6-17-16(9-14)10-15(19(24)21-17)7-8-20-27(25,26)18-12(3)22-23-13(18)4/h5-6,9-11,20H,7-8H2,1-4H3,(H,21,24)(H,22,23). The number of hydrogen-bond donors (Lipinski definition) is 3. The molecule has 0 unspecified atom stereocenters. The van der Waals surface area contributed by atoms with Crippen LogP contribution in [0.1, 0.15) is 42.3 Å². The monoisotopic (exact) mass is 388 g/mol. The summed E-state index contributed by atoms with van der Waals surface area (Å²) in [7, 11) is -3.68. The van der Waals surface area contributed by atoms with Crippen molar-refractivity contribution >= 4 is 20.9 Å². The Bertz CT molecular complexity index is 1120. The van der Waals surface area contributed by atoms with Crippen molar-refractivity contribution < 1.29 is 8.42 Å². The Kier molecular flexibility index (Phi) is 5.21. The van der Waals surface area contributed by atoms with E-state index in [2.05, 4.69) is 39.8 Å². The SMILES string of the molecule is Cc1n[nH]c(C)c1S(=O)(=O)NCCc1cc2cc(C(C)C)ccc2[nH]c1=O. The van der Waals surface area contributed by atoms with Crippen LogP contribution in [0.3, 0.4) is 0 Å². The third-order valence-electron chi connectivity index (χ3n) is 4.63. The van der Waals surface area contributed by atoms with Crippen molar-refractivity contribution in [2.24, 2.45) is 0 Å². The number of H-pyrrole nitrogens is 2. The number of pyridine rings is 1. The summed E-state index contributed by atoms with van der Waals surface area (Å²) in [5.74, 6) is 0.387. The van der Waals surface area contributed by atoms with Crippen molar-refractivity contribution in [2.75, 3.05) is 6.54 Å². The first-order valence-electron chi connectivity index (χ1n) is 8.86. The molecule has 3 aromatic rings. The van der Waals surface area contributed by atoms with Crippen molar-refractivity contribution in [2.45, 2.75) is 44.9 Å². The summed E-state index contributed by atoms with van der Waals surface area (Å²) in [6.45, 7) is 7.66. The van der Waals surface area contributed by atoms with E-state index in [0.717, 1.165) is 10.9 Å². The van der Waals surface area contributed by atoms with Crippen LogP contribution in [0, 0.1) is 13.8 Å². The Morgan fingerprint density at radius 3 is 2.56 bits per heavy atom. The summed E-state index contributed by atoms with van der Waals surface area (Å²) in [5, 5.41) is 7.54. The minimum Gasteiger partial charge on any atom is -0.322 e. The quantitative estimate of drug-likeness (QED) is 0.603. The third kappa shape index (κ3) is 3.96. The first kappa shape index (κ1) is 19.3. The molecule has 2 aromatic heterocycles. The zero-order chi connectivity index (χ0) is 19.8. The highest BCUT2D eigenvalue weighted by atomic mass is 32.2. The van der Waals surface area contributed by atoms with Gasteiger partial charge in [-0.2, -0.15) is 5.10 Å². The fraction of sp³-hybridized carbons (Fsp3) is 0.368. The van der Waals surface area contributed by atoms with Gasteiger partial charge in [0.2, 0.25) is 10.0 Å². The van der Waals surface area contributed by atoms with Crippen LogP contribution in [-0.2, 0) is 16.4 Å².